The average Bonchev–Trinajstić information content (AvgIpc) is 2.87. The molecule has 1 aliphatic carbocycles. The number of H-pyrrole nitrogens is 1. The van der Waals surface area contributed by atoms with Crippen LogP contribution in [-0.2, 0) is 14.8 Å². The van der Waals surface area contributed by atoms with Gasteiger partial charge in [0.15, 0.2) is 0 Å². The molecule has 1 aromatic heterocycles. The Kier molecular flexibility index (Phi) is 9.82. The van der Waals surface area contributed by atoms with Gasteiger partial charge in [-0.25, -0.2) is 22.9 Å². The first-order valence-corrected chi connectivity index (χ1v) is 14.0. The first kappa shape index (κ1) is 28.3. The number of hydrogen-bond acceptors (Lipinski definition) is 6. The van der Waals surface area contributed by atoms with Crippen LogP contribution in [0.4, 0.5) is 4.79 Å². The van der Waals surface area contributed by atoms with Gasteiger partial charge in [-0.1, -0.05) is 37.6 Å². The van der Waals surface area contributed by atoms with E-state index in [9.17, 15) is 22.8 Å². The Morgan fingerprint density at radius 3 is 2.46 bits per heavy atom. The number of nitrogens with one attached hydrogen (secondary N) is 3. The molecule has 3 aromatic rings. The lowest BCUT2D eigenvalue weighted by molar-refractivity contribution is -0.109. The summed E-state index contributed by atoms with van der Waals surface area (Å²) in [6.45, 7) is 4.07. The third-order valence-electron chi connectivity index (χ3n) is 6.40. The van der Waals surface area contributed by atoms with Crippen molar-refractivity contribution in [2.45, 2.75) is 62.8 Å². The quantitative estimate of drug-likeness (QED) is 0.388. The molecule has 1 aliphatic rings. The van der Waals surface area contributed by atoms with Crippen molar-refractivity contribution in [1.29, 1.82) is 0 Å². The molecule has 3 N–H and O–H groups in total. The van der Waals surface area contributed by atoms with Crippen molar-refractivity contribution in [2.24, 2.45) is 5.92 Å². The van der Waals surface area contributed by atoms with E-state index in [2.05, 4.69) is 26.9 Å². The number of halogens is 1. The van der Waals surface area contributed by atoms with Gasteiger partial charge < -0.3 is 15.1 Å². The molecule has 11 heteroatoms. The number of rotatable bonds is 6. The minimum atomic E-state index is -3.93. The molecule has 0 aliphatic heterocycles. The zero-order valence-corrected chi connectivity index (χ0v) is 22.3. The second-order valence-corrected chi connectivity index (χ2v) is 11.3. The van der Waals surface area contributed by atoms with Crippen LogP contribution in [0.15, 0.2) is 58.5 Å². The molecule has 0 saturated heterocycles. The number of benzene rings is 2. The van der Waals surface area contributed by atoms with Gasteiger partial charge in [0, 0.05) is 17.0 Å². The van der Waals surface area contributed by atoms with E-state index in [1.165, 1.54) is 18.5 Å². The lowest BCUT2D eigenvalue weighted by Gasteiger charge is -2.26. The maximum Gasteiger partial charge on any atom is 0.328 e. The molecule has 1 atom stereocenters. The Bertz CT molecular complexity index is 1380. The van der Waals surface area contributed by atoms with Crippen LogP contribution in [-0.4, -0.2) is 36.7 Å². The summed E-state index contributed by atoms with van der Waals surface area (Å²) in [5.74, 6) is 0.406. The van der Waals surface area contributed by atoms with Gasteiger partial charge in [-0.3, -0.25) is 4.79 Å². The van der Waals surface area contributed by atoms with E-state index in [1.54, 1.807) is 30.3 Å². The molecule has 1 heterocycles. The number of aromatic nitrogens is 2. The fourth-order valence-electron chi connectivity index (χ4n) is 4.15. The highest BCUT2D eigenvalue weighted by Gasteiger charge is 2.23. The van der Waals surface area contributed by atoms with Gasteiger partial charge in [0.05, 0.1) is 22.1 Å². The molecule has 4 rings (SSSR count). The van der Waals surface area contributed by atoms with Crippen LogP contribution in [0.25, 0.3) is 10.9 Å². The second kappa shape index (κ2) is 12.8. The molecule has 9 nitrogen and oxygen atoms in total. The molecule has 37 heavy (non-hydrogen) atoms. The first-order chi connectivity index (χ1) is 17.6. The molecule has 2 aromatic carbocycles. The Labute approximate surface area is 221 Å². The molecule has 0 spiro atoms. The highest BCUT2D eigenvalue weighted by Crippen LogP contribution is 2.23. The van der Waals surface area contributed by atoms with Crippen LogP contribution in [0.3, 0.4) is 0 Å². The topological polar surface area (TPSA) is 138 Å². The third kappa shape index (κ3) is 7.87. The first-order valence-electron chi connectivity index (χ1n) is 12.1. The summed E-state index contributed by atoms with van der Waals surface area (Å²) >= 11 is 5.71. The normalized spacial score (nSPS) is 18.2. The minimum Gasteiger partial charge on any atom is -0.335 e. The predicted molar refractivity (Wildman–Crippen MR) is 143 cm³/mol. The standard InChI is InChI=1S/C18H26N2O4S.C8H5ClN2O/c1-3-14(12-21)15-6-10-17(11-7-15)25(23,24)20-18(22)19-16-8-4-13(2)5-9-16;9-5-1-2-7-6(3-5)8(12)11-4-10-7/h6-7,10-14,16H,3-5,8-9H2,1-2H3,(H2,19,20,22);1-4H,(H,10,11,12). The number of hydrogen-bond donors (Lipinski definition) is 3. The van der Waals surface area contributed by atoms with Gasteiger partial charge in [0.1, 0.15) is 6.29 Å². The van der Waals surface area contributed by atoms with E-state index in [0.29, 0.717) is 28.3 Å². The van der Waals surface area contributed by atoms with Crippen molar-refractivity contribution in [3.8, 4) is 0 Å². The number of fused-ring (bicyclic) bond motifs is 1. The summed E-state index contributed by atoms with van der Waals surface area (Å²) in [5, 5.41) is 3.80. The van der Waals surface area contributed by atoms with Crippen molar-refractivity contribution in [2.75, 3.05) is 0 Å². The maximum absolute atomic E-state index is 12.3. The largest absolute Gasteiger partial charge is 0.335 e. The Hall–Kier alpha value is -3.24. The average molecular weight is 547 g/mol. The van der Waals surface area contributed by atoms with E-state index < -0.39 is 16.1 Å². The summed E-state index contributed by atoms with van der Waals surface area (Å²) in [7, 11) is -3.93. The van der Waals surface area contributed by atoms with Crippen molar-refractivity contribution < 1.29 is 18.0 Å². The zero-order valence-electron chi connectivity index (χ0n) is 20.7. The molecule has 0 radical (unpaired) electrons. The molecule has 1 fully saturated rings. The van der Waals surface area contributed by atoms with Crippen LogP contribution < -0.4 is 15.6 Å². The van der Waals surface area contributed by atoms with Gasteiger partial charge in [-0.05, 0) is 73.9 Å². The van der Waals surface area contributed by atoms with Crippen molar-refractivity contribution in [3.05, 3.63) is 69.7 Å². The summed E-state index contributed by atoms with van der Waals surface area (Å²) < 4.78 is 26.7. The molecular formula is C26H31ClN4O5S. The van der Waals surface area contributed by atoms with Crippen LogP contribution in [0.1, 0.15) is 57.4 Å². The molecule has 2 amide bonds. The minimum absolute atomic E-state index is 0.00409. The van der Waals surface area contributed by atoms with E-state index in [0.717, 1.165) is 37.5 Å². The number of aldehydes is 1. The van der Waals surface area contributed by atoms with Crippen molar-refractivity contribution >= 4 is 44.8 Å². The van der Waals surface area contributed by atoms with Crippen molar-refractivity contribution in [1.82, 2.24) is 20.0 Å². The van der Waals surface area contributed by atoms with Gasteiger partial charge >= 0.3 is 6.03 Å². The predicted octanol–water partition coefficient (Wildman–Crippen LogP) is 4.52. The maximum atomic E-state index is 12.3. The number of carbonyl (C=O) groups excluding carboxylic acids is 2. The van der Waals surface area contributed by atoms with Crippen LogP contribution >= 0.6 is 11.6 Å². The number of carbonyl (C=O) groups is 2. The van der Waals surface area contributed by atoms with Gasteiger partial charge in [-0.15, -0.1) is 0 Å². The van der Waals surface area contributed by atoms with Crippen LogP contribution in [0, 0.1) is 5.92 Å². The zero-order chi connectivity index (χ0) is 27.0. The van der Waals surface area contributed by atoms with Gasteiger partial charge in [0.2, 0.25) is 0 Å². The summed E-state index contributed by atoms with van der Waals surface area (Å²) in [4.78, 5) is 40.6. The lowest BCUT2D eigenvalue weighted by atomic mass is 9.87. The smallest absolute Gasteiger partial charge is 0.328 e. The number of amides is 2. The summed E-state index contributed by atoms with van der Waals surface area (Å²) in [5.41, 5.74) is 1.25. The molecule has 1 saturated carbocycles. The van der Waals surface area contributed by atoms with E-state index in [1.807, 2.05) is 6.92 Å². The van der Waals surface area contributed by atoms with Crippen LogP contribution in [0.5, 0.6) is 0 Å². The second-order valence-electron chi connectivity index (χ2n) is 9.15. The molecule has 1 unspecified atom stereocenters. The highest BCUT2D eigenvalue weighted by molar-refractivity contribution is 7.90. The third-order valence-corrected chi connectivity index (χ3v) is 7.99. The number of nitrogens with zero attached hydrogens (tertiary/aromatic N) is 1. The fraction of sp³-hybridized carbons (Fsp3) is 0.385. The molecular weight excluding hydrogens is 516 g/mol. The van der Waals surface area contributed by atoms with Gasteiger partial charge in [-0.2, -0.15) is 0 Å². The fourth-order valence-corrected chi connectivity index (χ4v) is 5.23. The monoisotopic (exact) mass is 546 g/mol. The van der Waals surface area contributed by atoms with E-state index in [4.69, 9.17) is 11.6 Å². The highest BCUT2D eigenvalue weighted by atomic mass is 35.5. The summed E-state index contributed by atoms with van der Waals surface area (Å²) in [6.07, 6.45) is 6.68. The number of sulfonamides is 1. The number of aromatic amines is 1. The SMILES string of the molecule is CCC(C=O)c1ccc(S(=O)(=O)NC(=O)NC2CCC(C)CC2)cc1.O=c1[nH]cnc2ccc(Cl)cc12. The van der Waals surface area contributed by atoms with Gasteiger partial charge in [0.25, 0.3) is 15.6 Å². The number of urea groups is 1. The van der Waals surface area contributed by atoms with Crippen LogP contribution in [0.2, 0.25) is 5.02 Å². The Balaban J connectivity index is 0.000000262. The van der Waals surface area contributed by atoms with E-state index in [-0.39, 0.29) is 22.4 Å². The summed E-state index contributed by atoms with van der Waals surface area (Å²) in [6, 6.07) is 10.4. The Morgan fingerprint density at radius 2 is 1.84 bits per heavy atom. The van der Waals surface area contributed by atoms with Crippen molar-refractivity contribution in [3.63, 3.8) is 0 Å². The molecule has 198 valence electrons. The van der Waals surface area contributed by atoms with E-state index >= 15 is 0 Å². The Morgan fingerprint density at radius 1 is 1.16 bits per heavy atom. The molecule has 0 bridgehead atoms. The lowest BCUT2D eigenvalue weighted by Crippen LogP contribution is -2.45.